The van der Waals surface area contributed by atoms with E-state index in [1.54, 1.807) is 6.08 Å². The van der Waals surface area contributed by atoms with Crippen molar-refractivity contribution in [1.82, 2.24) is 10.6 Å². The van der Waals surface area contributed by atoms with Gasteiger partial charge in [0.2, 0.25) is 11.8 Å². The highest BCUT2D eigenvalue weighted by Crippen LogP contribution is 2.28. The number of rotatable bonds is 21. The minimum Gasteiger partial charge on any atom is -0.463 e. The van der Waals surface area contributed by atoms with Crippen LogP contribution >= 0.6 is 0 Å². The second kappa shape index (κ2) is 21.2. The fourth-order valence-corrected chi connectivity index (χ4v) is 6.38. The van der Waals surface area contributed by atoms with Crippen LogP contribution in [0, 0.1) is 17.8 Å². The molecule has 1 fully saturated rings. The molecule has 0 heterocycles. The summed E-state index contributed by atoms with van der Waals surface area (Å²) < 4.78 is 5.95. The molecule has 4 atom stereocenters. The van der Waals surface area contributed by atoms with Crippen LogP contribution < -0.4 is 10.6 Å². The maximum absolute atomic E-state index is 13.6. The fraction of sp³-hybridized carbons (Fsp3) is 0.513. The number of amides is 2. The minimum absolute atomic E-state index is 0.0263. The van der Waals surface area contributed by atoms with Crippen molar-refractivity contribution in [2.75, 3.05) is 13.2 Å². The largest absolute Gasteiger partial charge is 0.463 e. The van der Waals surface area contributed by atoms with Crippen LogP contribution in [0.25, 0.3) is 0 Å². The van der Waals surface area contributed by atoms with Crippen LogP contribution in [0.15, 0.2) is 86.0 Å². The van der Waals surface area contributed by atoms with Crippen molar-refractivity contribution >= 4 is 17.8 Å². The van der Waals surface area contributed by atoms with E-state index in [2.05, 4.69) is 23.8 Å². The van der Waals surface area contributed by atoms with E-state index in [4.69, 9.17) is 4.74 Å². The Hall–Kier alpha value is -3.71. The van der Waals surface area contributed by atoms with Crippen molar-refractivity contribution < 1.29 is 24.2 Å². The number of aliphatic hydroxyl groups is 1. The Morgan fingerprint density at radius 2 is 1.50 bits per heavy atom. The average Bonchev–Trinajstić information content (AvgIpc) is 3.07. The minimum atomic E-state index is -0.622. The van der Waals surface area contributed by atoms with E-state index in [9.17, 15) is 19.5 Å². The van der Waals surface area contributed by atoms with Gasteiger partial charge in [-0.2, -0.15) is 0 Å². The average molecular weight is 631 g/mol. The van der Waals surface area contributed by atoms with Crippen molar-refractivity contribution in [2.45, 2.75) is 95.6 Å². The number of hydrogen-bond donors (Lipinski definition) is 3. The molecule has 2 aromatic rings. The number of allylic oxidation sites excluding steroid dienone is 2. The number of hydrogen-bond acceptors (Lipinski definition) is 5. The van der Waals surface area contributed by atoms with E-state index in [1.165, 1.54) is 19.3 Å². The lowest BCUT2D eigenvalue weighted by Gasteiger charge is -2.29. The molecule has 3 N–H and O–H groups in total. The summed E-state index contributed by atoms with van der Waals surface area (Å²) in [5.74, 6) is -1.23. The van der Waals surface area contributed by atoms with Gasteiger partial charge >= 0.3 is 5.97 Å². The zero-order valence-corrected chi connectivity index (χ0v) is 27.4. The van der Waals surface area contributed by atoms with Gasteiger partial charge in [-0.3, -0.25) is 14.4 Å². The highest BCUT2D eigenvalue weighted by molar-refractivity contribution is 5.86. The van der Waals surface area contributed by atoms with Gasteiger partial charge in [0, 0.05) is 6.42 Å². The normalized spacial score (nSPS) is 15.9. The number of carbonyl (C=O) groups excluding carboxylic acids is 3. The van der Waals surface area contributed by atoms with Crippen LogP contribution in [0.3, 0.4) is 0 Å². The standard InChI is InChI=1S/C39H54N2O5/c1-3-5-9-23-34(24-30-17-10-6-11-18-30)39(45)46-29-36(26-32-21-14-8-15-22-32)41-38(44)33(16-4-2)27-37(43)40-35(28-42)25-31-19-12-7-13-20-31/h3-4,6-7,10-13,17-20,32-36,42H,1-2,5,8-9,14-16,21-29H2,(H,40,43)(H,41,44). The van der Waals surface area contributed by atoms with E-state index < -0.39 is 12.0 Å². The van der Waals surface area contributed by atoms with Gasteiger partial charge in [0.15, 0.2) is 0 Å². The van der Waals surface area contributed by atoms with Crippen LogP contribution in [0.2, 0.25) is 0 Å². The molecule has 7 heteroatoms. The van der Waals surface area contributed by atoms with Gasteiger partial charge in [0.1, 0.15) is 6.61 Å². The predicted molar refractivity (Wildman–Crippen MR) is 184 cm³/mol. The first kappa shape index (κ1) is 36.8. The smallest absolute Gasteiger partial charge is 0.309 e. The number of ether oxygens (including phenoxy) is 1. The van der Waals surface area contributed by atoms with Gasteiger partial charge in [-0.25, -0.2) is 0 Å². The van der Waals surface area contributed by atoms with Crippen LogP contribution in [-0.4, -0.2) is 48.2 Å². The van der Waals surface area contributed by atoms with Gasteiger partial charge in [0.25, 0.3) is 0 Å². The Bertz CT molecular complexity index is 1200. The SMILES string of the molecule is C=CCCCC(Cc1ccccc1)C(=O)OCC(CC1CCCCC1)NC(=O)C(CC=C)CC(=O)NC(CO)Cc1ccccc1. The zero-order chi connectivity index (χ0) is 33.0. The van der Waals surface area contributed by atoms with Crippen LogP contribution in [0.1, 0.15) is 81.8 Å². The summed E-state index contributed by atoms with van der Waals surface area (Å²) in [5.41, 5.74) is 2.10. The molecule has 0 aliphatic heterocycles. The molecule has 250 valence electrons. The molecule has 1 aliphatic carbocycles. The number of aliphatic hydroxyl groups excluding tert-OH is 1. The molecule has 46 heavy (non-hydrogen) atoms. The molecule has 2 amide bonds. The van der Waals surface area contributed by atoms with Gasteiger partial charge < -0.3 is 20.5 Å². The van der Waals surface area contributed by atoms with E-state index in [1.807, 2.05) is 66.7 Å². The third-order valence-corrected chi connectivity index (χ3v) is 8.90. The lowest BCUT2D eigenvalue weighted by atomic mass is 9.84. The Balaban J connectivity index is 1.64. The van der Waals surface area contributed by atoms with E-state index in [0.717, 1.165) is 43.2 Å². The summed E-state index contributed by atoms with van der Waals surface area (Å²) in [6.45, 7) is 7.52. The Morgan fingerprint density at radius 1 is 0.848 bits per heavy atom. The summed E-state index contributed by atoms with van der Waals surface area (Å²) in [7, 11) is 0. The molecule has 0 bridgehead atoms. The molecular weight excluding hydrogens is 576 g/mol. The number of unbranched alkanes of at least 4 members (excludes halogenated alkanes) is 1. The number of benzene rings is 2. The number of nitrogens with one attached hydrogen (secondary N) is 2. The van der Waals surface area contributed by atoms with Crippen molar-refractivity contribution in [3.63, 3.8) is 0 Å². The lowest BCUT2D eigenvalue weighted by Crippen LogP contribution is -2.45. The second-order valence-electron chi connectivity index (χ2n) is 12.7. The summed E-state index contributed by atoms with van der Waals surface area (Å²) in [6, 6.07) is 18.8. The summed E-state index contributed by atoms with van der Waals surface area (Å²) in [5, 5.41) is 15.9. The van der Waals surface area contributed by atoms with E-state index in [-0.39, 0.29) is 49.4 Å². The quantitative estimate of drug-likeness (QED) is 0.0830. The van der Waals surface area contributed by atoms with Crippen LogP contribution in [0.4, 0.5) is 0 Å². The third kappa shape index (κ3) is 13.7. The first-order valence-corrected chi connectivity index (χ1v) is 17.1. The lowest BCUT2D eigenvalue weighted by molar-refractivity contribution is -0.150. The Labute approximate surface area is 275 Å². The Kier molecular flexibility index (Phi) is 16.9. The van der Waals surface area contributed by atoms with Gasteiger partial charge in [0.05, 0.1) is 30.5 Å². The third-order valence-electron chi connectivity index (χ3n) is 8.90. The number of carbonyl (C=O) groups is 3. The molecular formula is C39H54N2O5. The van der Waals surface area contributed by atoms with Crippen LogP contribution in [-0.2, 0) is 32.0 Å². The van der Waals surface area contributed by atoms with Crippen LogP contribution in [0.5, 0.6) is 0 Å². The van der Waals surface area contributed by atoms with Gasteiger partial charge in [-0.05, 0) is 62.0 Å². The summed E-state index contributed by atoms with van der Waals surface area (Å²) in [4.78, 5) is 40.1. The highest BCUT2D eigenvalue weighted by Gasteiger charge is 2.28. The molecule has 1 aliphatic rings. The van der Waals surface area contributed by atoms with Crippen molar-refractivity contribution in [3.05, 3.63) is 97.1 Å². The maximum atomic E-state index is 13.6. The van der Waals surface area contributed by atoms with Crippen molar-refractivity contribution in [3.8, 4) is 0 Å². The molecule has 3 rings (SSSR count). The topological polar surface area (TPSA) is 105 Å². The molecule has 4 unspecified atom stereocenters. The first-order valence-electron chi connectivity index (χ1n) is 17.1. The molecule has 2 aromatic carbocycles. The second-order valence-corrected chi connectivity index (χ2v) is 12.7. The van der Waals surface area contributed by atoms with E-state index >= 15 is 0 Å². The molecule has 1 saturated carbocycles. The van der Waals surface area contributed by atoms with Gasteiger partial charge in [-0.15, -0.1) is 13.2 Å². The van der Waals surface area contributed by atoms with Crippen molar-refractivity contribution in [2.24, 2.45) is 17.8 Å². The van der Waals surface area contributed by atoms with Gasteiger partial charge in [-0.1, -0.05) is 105 Å². The summed E-state index contributed by atoms with van der Waals surface area (Å²) >= 11 is 0. The first-order chi connectivity index (χ1) is 22.4. The molecule has 0 saturated heterocycles. The Morgan fingerprint density at radius 3 is 2.11 bits per heavy atom. The van der Waals surface area contributed by atoms with E-state index in [0.29, 0.717) is 31.6 Å². The monoisotopic (exact) mass is 630 g/mol. The molecule has 7 nitrogen and oxygen atoms in total. The fourth-order valence-electron chi connectivity index (χ4n) is 6.38. The maximum Gasteiger partial charge on any atom is 0.309 e. The predicted octanol–water partition coefficient (Wildman–Crippen LogP) is 6.50. The zero-order valence-electron chi connectivity index (χ0n) is 27.4. The summed E-state index contributed by atoms with van der Waals surface area (Å²) in [6.07, 6.45) is 13.8. The molecule has 0 aromatic heterocycles. The molecule has 0 spiro atoms. The van der Waals surface area contributed by atoms with Crippen molar-refractivity contribution in [1.29, 1.82) is 0 Å². The molecule has 0 radical (unpaired) electrons. The highest BCUT2D eigenvalue weighted by atomic mass is 16.5. The number of esters is 1.